The lowest BCUT2D eigenvalue weighted by Crippen LogP contribution is -2.28. The van der Waals surface area contributed by atoms with E-state index in [0.717, 1.165) is 30.1 Å². The zero-order valence-corrected chi connectivity index (χ0v) is 17.0. The molecule has 0 bridgehead atoms. The number of carbonyl (C=O) groups is 3. The van der Waals surface area contributed by atoms with Gasteiger partial charge in [0.2, 0.25) is 5.91 Å². The second-order valence-corrected chi connectivity index (χ2v) is 8.10. The maximum atomic E-state index is 12.1. The first kappa shape index (κ1) is 21.0. The van der Waals surface area contributed by atoms with Crippen LogP contribution in [0.25, 0.3) is 0 Å². The topological polar surface area (TPSA) is 125 Å². The fraction of sp³-hybridized carbons (Fsp3) is 0.474. The van der Waals surface area contributed by atoms with Crippen LogP contribution in [0.3, 0.4) is 0 Å². The van der Waals surface area contributed by atoms with Crippen LogP contribution in [0.5, 0.6) is 0 Å². The van der Waals surface area contributed by atoms with Crippen molar-refractivity contribution in [3.05, 3.63) is 33.1 Å². The number of ether oxygens (including phenoxy) is 1. The van der Waals surface area contributed by atoms with Crippen LogP contribution < -0.4 is 5.32 Å². The van der Waals surface area contributed by atoms with E-state index in [4.69, 9.17) is 14.6 Å². The summed E-state index contributed by atoms with van der Waals surface area (Å²) in [6, 6.07) is 4.21. The highest BCUT2D eigenvalue weighted by molar-refractivity contribution is 7.12. The number of carboxylic acid groups (broad SMARTS) is 1. The van der Waals surface area contributed by atoms with Crippen molar-refractivity contribution in [2.24, 2.45) is 0 Å². The molecule has 0 radical (unpaired) electrons. The Bertz CT molecular complexity index is 872. The van der Waals surface area contributed by atoms with E-state index in [1.165, 1.54) is 31.2 Å². The van der Waals surface area contributed by atoms with Gasteiger partial charge in [-0.1, -0.05) is 6.42 Å². The number of methoxy groups -OCH3 is 1. The van der Waals surface area contributed by atoms with Gasteiger partial charge in [0, 0.05) is 34.2 Å². The molecule has 2 aliphatic heterocycles. The largest absolute Gasteiger partial charge is 0.483 e. The molecule has 4 rings (SSSR count). The molecule has 2 aliphatic rings. The fourth-order valence-corrected chi connectivity index (χ4v) is 4.93. The highest BCUT2D eigenvalue weighted by Gasteiger charge is 2.34. The lowest BCUT2D eigenvalue weighted by atomic mass is 9.90. The molecule has 1 saturated heterocycles. The van der Waals surface area contributed by atoms with Crippen molar-refractivity contribution in [2.75, 3.05) is 25.5 Å². The first-order valence-corrected chi connectivity index (χ1v) is 10.2. The van der Waals surface area contributed by atoms with Crippen molar-refractivity contribution < 1.29 is 24.2 Å². The van der Waals surface area contributed by atoms with Crippen LogP contribution in [0.1, 0.15) is 57.4 Å². The molecule has 1 atom stereocenters. The number of rotatable bonds is 4. The Morgan fingerprint density at radius 3 is 2.79 bits per heavy atom. The number of piperidine rings is 1. The molecule has 4 heterocycles. The molecule has 156 valence electrons. The van der Waals surface area contributed by atoms with E-state index in [1.54, 1.807) is 11.3 Å². The normalized spacial score (nSPS) is 18.8. The van der Waals surface area contributed by atoms with Gasteiger partial charge in [-0.3, -0.25) is 19.6 Å². The number of aromatic nitrogens is 2. The third kappa shape index (κ3) is 4.83. The van der Waals surface area contributed by atoms with E-state index in [0.29, 0.717) is 17.9 Å². The number of thiophene rings is 1. The second-order valence-electron chi connectivity index (χ2n) is 6.90. The maximum absolute atomic E-state index is 12.1. The zero-order chi connectivity index (χ0) is 20.8. The fourth-order valence-electron chi connectivity index (χ4n) is 3.76. The van der Waals surface area contributed by atoms with Crippen LogP contribution in [0.2, 0.25) is 0 Å². The summed E-state index contributed by atoms with van der Waals surface area (Å²) in [5.41, 5.74) is 1.04. The lowest BCUT2D eigenvalue weighted by Gasteiger charge is -2.25. The van der Waals surface area contributed by atoms with Gasteiger partial charge in [0.15, 0.2) is 5.82 Å². The molecule has 1 fully saturated rings. The Kier molecular flexibility index (Phi) is 6.99. The Morgan fingerprint density at radius 2 is 2.10 bits per heavy atom. The van der Waals surface area contributed by atoms with E-state index in [9.17, 15) is 9.59 Å². The van der Waals surface area contributed by atoms with Crippen LogP contribution >= 0.6 is 11.3 Å². The summed E-state index contributed by atoms with van der Waals surface area (Å²) in [6.07, 6.45) is 4.16. The number of H-pyrrole nitrogens is 1. The Morgan fingerprint density at radius 1 is 1.38 bits per heavy atom. The van der Waals surface area contributed by atoms with Crippen LogP contribution in [-0.4, -0.2) is 58.8 Å². The number of anilines is 1. The smallest absolute Gasteiger partial charge is 0.356 e. The molecule has 0 saturated carbocycles. The van der Waals surface area contributed by atoms with Gasteiger partial charge in [0.1, 0.15) is 5.69 Å². The van der Waals surface area contributed by atoms with E-state index >= 15 is 0 Å². The van der Waals surface area contributed by atoms with Gasteiger partial charge >= 0.3 is 5.97 Å². The summed E-state index contributed by atoms with van der Waals surface area (Å²) in [5.74, 6) is -0.300. The summed E-state index contributed by atoms with van der Waals surface area (Å²) in [5, 5.41) is 16.4. The van der Waals surface area contributed by atoms with Crippen molar-refractivity contribution in [1.82, 2.24) is 15.1 Å². The first-order chi connectivity index (χ1) is 14.1. The highest BCUT2D eigenvalue weighted by atomic mass is 32.1. The molecule has 0 aliphatic carbocycles. The summed E-state index contributed by atoms with van der Waals surface area (Å²) in [7, 11) is 1.34. The molecule has 2 aromatic heterocycles. The number of nitrogens with zero attached hydrogens (tertiary/aromatic N) is 2. The number of hydrogen-bond acceptors (Lipinski definition) is 7. The first-order valence-electron chi connectivity index (χ1n) is 9.42. The van der Waals surface area contributed by atoms with Gasteiger partial charge in [-0.25, -0.2) is 4.79 Å². The average molecular weight is 420 g/mol. The summed E-state index contributed by atoms with van der Waals surface area (Å²) < 4.78 is 4.85. The van der Waals surface area contributed by atoms with Crippen LogP contribution in [0.15, 0.2) is 12.1 Å². The third-order valence-corrected chi connectivity index (χ3v) is 6.23. The minimum atomic E-state index is -0.468. The Hall–Kier alpha value is -2.72. The van der Waals surface area contributed by atoms with Gasteiger partial charge in [-0.05, 0) is 38.1 Å². The molecule has 29 heavy (non-hydrogen) atoms. The van der Waals surface area contributed by atoms with Gasteiger partial charge in [-0.2, -0.15) is 5.10 Å². The number of hydrogen-bond donors (Lipinski definition) is 3. The SMILES string of the molecule is COC(=O)c1[nH]nc2c1C(c1ccc(CN3CCCCC3)s1)CC(=O)N2.O=CO. The molecule has 0 spiro atoms. The number of esters is 1. The van der Waals surface area contributed by atoms with Gasteiger partial charge in [0.25, 0.3) is 6.47 Å². The van der Waals surface area contributed by atoms with Gasteiger partial charge in [0.05, 0.1) is 7.11 Å². The molecular weight excluding hydrogens is 396 g/mol. The number of fused-ring (bicyclic) bond motifs is 1. The molecule has 1 unspecified atom stereocenters. The zero-order valence-electron chi connectivity index (χ0n) is 16.1. The van der Waals surface area contributed by atoms with E-state index < -0.39 is 5.97 Å². The Labute approximate surface area is 172 Å². The summed E-state index contributed by atoms with van der Waals surface area (Å²) >= 11 is 1.71. The van der Waals surface area contributed by atoms with E-state index in [2.05, 4.69) is 32.5 Å². The van der Waals surface area contributed by atoms with Crippen LogP contribution in [0.4, 0.5) is 5.82 Å². The Balaban J connectivity index is 0.000000755. The number of likely N-dealkylation sites (tertiary alicyclic amines) is 1. The maximum Gasteiger partial charge on any atom is 0.356 e. The van der Waals surface area contributed by atoms with Crippen molar-refractivity contribution in [2.45, 2.75) is 38.1 Å². The second kappa shape index (κ2) is 9.66. The number of carbonyl (C=O) groups excluding carboxylic acids is 2. The number of aromatic amines is 1. The van der Waals surface area contributed by atoms with Crippen molar-refractivity contribution in [3.63, 3.8) is 0 Å². The van der Waals surface area contributed by atoms with E-state index in [1.807, 2.05) is 0 Å². The molecule has 10 heteroatoms. The number of nitrogens with one attached hydrogen (secondary N) is 2. The average Bonchev–Trinajstić information content (AvgIpc) is 3.35. The molecule has 9 nitrogen and oxygen atoms in total. The van der Waals surface area contributed by atoms with Crippen molar-refractivity contribution in [1.29, 1.82) is 0 Å². The minimum Gasteiger partial charge on any atom is -0.483 e. The molecule has 3 N–H and O–H groups in total. The quantitative estimate of drug-likeness (QED) is 0.512. The number of amides is 1. The van der Waals surface area contributed by atoms with Gasteiger partial charge < -0.3 is 15.2 Å². The van der Waals surface area contributed by atoms with E-state index in [-0.39, 0.29) is 18.3 Å². The van der Waals surface area contributed by atoms with Crippen molar-refractivity contribution >= 4 is 35.5 Å². The van der Waals surface area contributed by atoms with Crippen molar-refractivity contribution in [3.8, 4) is 0 Å². The predicted molar refractivity (Wildman–Crippen MR) is 107 cm³/mol. The minimum absolute atomic E-state index is 0.0867. The van der Waals surface area contributed by atoms with Gasteiger partial charge in [-0.15, -0.1) is 11.3 Å². The molecule has 1 amide bonds. The summed E-state index contributed by atoms with van der Waals surface area (Å²) in [6.45, 7) is 3.00. The van der Waals surface area contributed by atoms with Crippen LogP contribution in [0, 0.1) is 0 Å². The highest BCUT2D eigenvalue weighted by Crippen LogP contribution is 2.41. The standard InChI is InChI=1S/C18H22N4O3S.CH2O2/c1-25-18(24)16-15-12(9-14(23)19-17(15)21-20-16)13-6-5-11(26-13)10-22-7-3-2-4-8-22;2-1-3/h5-6,12H,2-4,7-10H2,1H3,(H2,19,20,21,23);1H,(H,2,3). The summed E-state index contributed by atoms with van der Waals surface area (Å²) in [4.78, 5) is 37.4. The van der Waals surface area contributed by atoms with Crippen LogP contribution in [-0.2, 0) is 20.9 Å². The molecule has 2 aromatic rings. The lowest BCUT2D eigenvalue weighted by molar-refractivity contribution is -0.123. The predicted octanol–water partition coefficient (Wildman–Crippen LogP) is 2.42. The molecule has 0 aromatic carbocycles. The third-order valence-electron chi connectivity index (χ3n) is 5.04. The molecular formula is C19H24N4O5S. The monoisotopic (exact) mass is 420 g/mol.